The van der Waals surface area contributed by atoms with E-state index in [-0.39, 0.29) is 49.5 Å². The van der Waals surface area contributed by atoms with Gasteiger partial charge in [-0.3, -0.25) is 58.2 Å². The molecule has 74 heavy (non-hydrogen) atoms. The summed E-state index contributed by atoms with van der Waals surface area (Å²) in [6, 6.07) is 3.02. The van der Waals surface area contributed by atoms with E-state index in [1.54, 1.807) is 30.3 Å². The van der Waals surface area contributed by atoms with Crippen LogP contribution in [0.15, 0.2) is 54.6 Å². The zero-order valence-corrected chi connectivity index (χ0v) is 42.1. The number of phenolic OH excluding ortho intramolecular Hbond substituents is 1. The maximum Gasteiger partial charge on any atom is 0.246 e. The number of benzene rings is 2. The predicted octanol–water partition coefficient (Wildman–Crippen LogP) is -4.82. The molecular weight excluding hydrogens is 1000 g/mol. The van der Waals surface area contributed by atoms with Crippen molar-refractivity contribution < 1.29 is 57.8 Å². The number of hydrogen-bond acceptors (Lipinski definition) is 17. The summed E-state index contributed by atoms with van der Waals surface area (Å²) in [6.45, 7) is -0.154. The van der Waals surface area contributed by atoms with Gasteiger partial charge in [0.15, 0.2) is 0 Å². The quantitative estimate of drug-likeness (QED) is 0.0206. The van der Waals surface area contributed by atoms with Gasteiger partial charge in [0.05, 0.1) is 19.0 Å². The molecule has 19 N–H and O–H groups in total. The van der Waals surface area contributed by atoms with Gasteiger partial charge < -0.3 is 70.2 Å². The highest BCUT2D eigenvalue weighted by molar-refractivity contribution is 8.76. The van der Waals surface area contributed by atoms with Crippen LogP contribution in [-0.4, -0.2) is 154 Å². The molecule has 2 heterocycles. The third-order valence-electron chi connectivity index (χ3n) is 11.8. The summed E-state index contributed by atoms with van der Waals surface area (Å²) in [4.78, 5) is 150. The van der Waals surface area contributed by atoms with Crippen molar-refractivity contribution in [2.45, 2.75) is 113 Å². The number of hydrogen-bond donors (Lipinski definition) is 14. The van der Waals surface area contributed by atoms with E-state index in [1.165, 1.54) is 29.2 Å². The molecular formula is C46H66N14O12S2. The number of nitrogens with one attached hydrogen (secondary N) is 8. The van der Waals surface area contributed by atoms with Crippen LogP contribution in [0.1, 0.15) is 62.5 Å². The number of aromatic hydroxyl groups is 1. The molecule has 404 valence electrons. The molecule has 0 spiro atoms. The average Bonchev–Trinajstić information content (AvgIpc) is 3.87. The number of nitrogens with zero attached hydrogens (tertiary/aromatic N) is 1. The Bertz CT molecular complexity index is 2320. The number of nitrogens with two attached hydrogens (primary N) is 5. The Morgan fingerprint density at radius 1 is 0.730 bits per heavy atom. The third-order valence-corrected chi connectivity index (χ3v) is 14.2. The van der Waals surface area contributed by atoms with Crippen LogP contribution in [-0.2, 0) is 65.6 Å². The maximum atomic E-state index is 14.6. The number of amides is 11. The van der Waals surface area contributed by atoms with Crippen LogP contribution in [0.5, 0.6) is 5.75 Å². The fourth-order valence-corrected chi connectivity index (χ4v) is 10.1. The molecule has 11 amide bonds. The zero-order valence-electron chi connectivity index (χ0n) is 40.5. The van der Waals surface area contributed by atoms with Crippen molar-refractivity contribution in [2.75, 3.05) is 31.1 Å². The van der Waals surface area contributed by atoms with E-state index in [9.17, 15) is 57.8 Å². The Balaban J connectivity index is 1.72. The first-order valence-electron chi connectivity index (χ1n) is 23.8. The van der Waals surface area contributed by atoms with Crippen molar-refractivity contribution in [2.24, 2.45) is 28.8 Å². The van der Waals surface area contributed by atoms with Crippen LogP contribution in [0, 0.1) is 0 Å². The zero-order chi connectivity index (χ0) is 54.3. The monoisotopic (exact) mass is 1070 g/mol. The summed E-state index contributed by atoms with van der Waals surface area (Å²) in [5, 5.41) is 27.8. The van der Waals surface area contributed by atoms with E-state index < -0.39 is 139 Å². The smallest absolute Gasteiger partial charge is 0.246 e. The second-order valence-corrected chi connectivity index (χ2v) is 20.1. The lowest BCUT2D eigenvalue weighted by Gasteiger charge is -2.31. The van der Waals surface area contributed by atoms with Gasteiger partial charge >= 0.3 is 0 Å². The number of phenols is 1. The average molecular weight is 1070 g/mol. The van der Waals surface area contributed by atoms with Crippen LogP contribution in [0.2, 0.25) is 0 Å². The van der Waals surface area contributed by atoms with Crippen molar-refractivity contribution in [1.29, 1.82) is 0 Å². The number of likely N-dealkylation sites (tertiary alicyclic amines) is 1. The fourth-order valence-electron chi connectivity index (χ4n) is 7.85. The highest BCUT2D eigenvalue weighted by Gasteiger charge is 2.40. The van der Waals surface area contributed by atoms with Crippen LogP contribution >= 0.6 is 21.6 Å². The minimum Gasteiger partial charge on any atom is -0.508 e. The highest BCUT2D eigenvalue weighted by atomic mass is 33.1. The Morgan fingerprint density at radius 3 is 1.93 bits per heavy atom. The van der Waals surface area contributed by atoms with E-state index in [2.05, 4.69) is 37.2 Å². The highest BCUT2D eigenvalue weighted by Crippen LogP contribution is 2.26. The lowest BCUT2D eigenvalue weighted by molar-refractivity contribution is -0.142. The molecule has 2 aromatic rings. The van der Waals surface area contributed by atoms with Gasteiger partial charge in [-0.1, -0.05) is 64.1 Å². The van der Waals surface area contributed by atoms with E-state index in [0.717, 1.165) is 21.6 Å². The molecule has 1 unspecified atom stereocenters. The molecule has 2 aliphatic heterocycles. The first-order valence-corrected chi connectivity index (χ1v) is 26.3. The normalized spacial score (nSPS) is 22.8. The number of carbonyl (C=O) groups excluding carboxylic acids is 11. The van der Waals surface area contributed by atoms with Gasteiger partial charge in [-0.2, -0.15) is 0 Å². The molecule has 2 saturated heterocycles. The van der Waals surface area contributed by atoms with Gasteiger partial charge in [-0.25, -0.2) is 5.84 Å². The predicted molar refractivity (Wildman–Crippen MR) is 272 cm³/mol. The van der Waals surface area contributed by atoms with Crippen LogP contribution in [0.3, 0.4) is 0 Å². The van der Waals surface area contributed by atoms with E-state index in [4.69, 9.17) is 28.8 Å². The molecule has 8 atom stereocenters. The van der Waals surface area contributed by atoms with Crippen molar-refractivity contribution in [3.63, 3.8) is 0 Å². The minimum absolute atomic E-state index is 0.0290. The number of rotatable bonds is 19. The maximum absolute atomic E-state index is 14.6. The molecule has 26 nitrogen and oxygen atoms in total. The molecule has 0 aromatic heterocycles. The van der Waals surface area contributed by atoms with E-state index in [0.29, 0.717) is 36.9 Å². The lowest BCUT2D eigenvalue weighted by Crippen LogP contribution is -2.61. The van der Waals surface area contributed by atoms with E-state index >= 15 is 0 Å². The van der Waals surface area contributed by atoms with Crippen LogP contribution < -0.4 is 71.4 Å². The number of unbranched alkanes of at least 4 members (excludes halogenated alkanes) is 1. The number of carbonyl (C=O) groups is 11. The van der Waals surface area contributed by atoms with Crippen molar-refractivity contribution in [3.8, 4) is 5.75 Å². The first-order chi connectivity index (χ1) is 35.3. The summed E-state index contributed by atoms with van der Waals surface area (Å²) in [7, 11) is 2.02. The number of primary amides is 2. The summed E-state index contributed by atoms with van der Waals surface area (Å²) in [5.41, 5.74) is 25.7. The molecule has 2 fully saturated rings. The molecule has 2 aromatic carbocycles. The molecule has 0 radical (unpaired) electrons. The standard InChI is InChI=1S/C46H66N14O12S2/c47-17-5-4-9-29(40(66)52-22-37(50)63)54-45(71)35-10-6-18-60(35)46(72)34-24-74-73-23-28(48)39(65)55-31(20-26-11-13-27(61)14-12-26)43(69)56-32(19-25-7-2-1-3-8-25)42(68)53-30(15-16-38(64)59-51)41(67)57-33(21-36(49)62)44(70)58-34/h1-3,7-8,11-14,28-35,61H,4-6,9-10,15-24,47-48,51H2,(H2,49,62)(H2,50,63)(H,52,66)(H,53,68)(H,54,71)(H,55,65)(H,56,69)(H,57,67)(H,58,70)(H,59,64)/t28-,29-,30-,31-,32-,33-,34-,35?/m0/s1. The molecule has 4 rings (SSSR count). The summed E-state index contributed by atoms with van der Waals surface area (Å²) in [5.74, 6) is -4.64. The van der Waals surface area contributed by atoms with Crippen molar-refractivity contribution >= 4 is 86.6 Å². The minimum atomic E-state index is -1.79. The summed E-state index contributed by atoms with van der Waals surface area (Å²) >= 11 is 0. The third kappa shape index (κ3) is 19.4. The van der Waals surface area contributed by atoms with Crippen LogP contribution in [0.4, 0.5) is 0 Å². The Morgan fingerprint density at radius 2 is 1.31 bits per heavy atom. The van der Waals surface area contributed by atoms with Gasteiger partial charge in [0.2, 0.25) is 65.0 Å². The van der Waals surface area contributed by atoms with Crippen LogP contribution in [0.25, 0.3) is 0 Å². The fraction of sp³-hybridized carbons (Fsp3) is 0.500. The Hall–Kier alpha value is -7.01. The Kier molecular flexibility index (Phi) is 24.3. The molecule has 28 heteroatoms. The molecule has 2 aliphatic rings. The molecule has 0 aliphatic carbocycles. The van der Waals surface area contributed by atoms with Gasteiger partial charge in [0.1, 0.15) is 48.0 Å². The second kappa shape index (κ2) is 30.2. The SMILES string of the molecule is NCCCC[C@H](NC(=O)C1CCCN1C(=O)[C@@H]1CSSC[C@H](N)C(=O)N[C@@H](Cc2ccc(O)cc2)C(=O)N[C@@H](Cc2ccccc2)C(=O)N[C@@H](CCC(=O)NN)C(=O)N[C@@H](CC(N)=O)C(=O)N1)C(=O)NCC(N)=O. The second-order valence-electron chi connectivity index (χ2n) is 17.5. The van der Waals surface area contributed by atoms with Gasteiger partial charge in [0, 0.05) is 37.3 Å². The van der Waals surface area contributed by atoms with Gasteiger partial charge in [-0.15, -0.1) is 0 Å². The lowest BCUT2D eigenvalue weighted by atomic mass is 10.0. The summed E-state index contributed by atoms with van der Waals surface area (Å²) in [6.07, 6.45) is -0.412. The topological polar surface area (TPSA) is 438 Å². The number of hydrazine groups is 1. The molecule has 0 bridgehead atoms. The first kappa shape index (κ1) is 59.6. The van der Waals surface area contributed by atoms with Gasteiger partial charge in [0.25, 0.3) is 0 Å². The van der Waals surface area contributed by atoms with Gasteiger partial charge in [-0.05, 0) is 68.3 Å². The van der Waals surface area contributed by atoms with Crippen molar-refractivity contribution in [3.05, 3.63) is 65.7 Å². The largest absolute Gasteiger partial charge is 0.508 e. The summed E-state index contributed by atoms with van der Waals surface area (Å²) < 4.78 is 0. The molecule has 0 saturated carbocycles. The Labute approximate surface area is 434 Å². The van der Waals surface area contributed by atoms with Crippen molar-refractivity contribution in [1.82, 2.24) is 47.5 Å². The van der Waals surface area contributed by atoms with E-state index in [1.807, 2.05) is 5.43 Å².